The predicted octanol–water partition coefficient (Wildman–Crippen LogP) is 4.17. The molecule has 0 saturated heterocycles. The smallest absolute Gasteiger partial charge is 0.408 e. The molecule has 2 aliphatic carbocycles. The highest BCUT2D eigenvalue weighted by molar-refractivity contribution is 5.85. The molecule has 0 heterocycles. The topological polar surface area (TPSA) is 75.6 Å². The molecule has 27 heavy (non-hydrogen) atoms. The number of nitrogens with one attached hydrogen (secondary N) is 1. The first-order valence-corrected chi connectivity index (χ1v) is 9.37. The summed E-state index contributed by atoms with van der Waals surface area (Å²) in [6.07, 6.45) is 1.00. The zero-order valence-corrected chi connectivity index (χ0v) is 15.3. The van der Waals surface area contributed by atoms with Crippen LogP contribution in [0.2, 0.25) is 0 Å². The van der Waals surface area contributed by atoms with Gasteiger partial charge in [-0.3, -0.25) is 0 Å². The van der Waals surface area contributed by atoms with Gasteiger partial charge in [0.25, 0.3) is 0 Å². The standard InChI is InChI=1S/C22H23NO4/c1-14-10-11-22(12-14,20(24)25)23-21(26)27-13-19-17-8-4-2-6-15(17)16-7-3-5-9-18(16)19/h2-9,14,19H,10-13H2,1H3,(H,23,26)(H,24,25)/t14-,22-/m0/s1. The van der Waals surface area contributed by atoms with Crippen molar-refractivity contribution in [2.24, 2.45) is 5.92 Å². The molecule has 2 atom stereocenters. The van der Waals surface area contributed by atoms with Crippen molar-refractivity contribution in [1.82, 2.24) is 5.32 Å². The largest absolute Gasteiger partial charge is 0.480 e. The Hall–Kier alpha value is -2.82. The highest BCUT2D eigenvalue weighted by Gasteiger charge is 2.46. The van der Waals surface area contributed by atoms with Gasteiger partial charge >= 0.3 is 12.1 Å². The quantitative estimate of drug-likeness (QED) is 0.853. The van der Waals surface area contributed by atoms with Crippen LogP contribution in [0.4, 0.5) is 4.79 Å². The third-order valence-electron chi connectivity index (χ3n) is 5.86. The minimum absolute atomic E-state index is 0.0357. The molecule has 0 aliphatic heterocycles. The average molecular weight is 365 g/mol. The van der Waals surface area contributed by atoms with Crippen LogP contribution in [-0.4, -0.2) is 29.3 Å². The number of hydrogen-bond acceptors (Lipinski definition) is 3. The highest BCUT2D eigenvalue weighted by Crippen LogP contribution is 2.44. The van der Waals surface area contributed by atoms with Crippen LogP contribution >= 0.6 is 0 Å². The Bertz CT molecular complexity index is 848. The van der Waals surface area contributed by atoms with E-state index in [1.54, 1.807) is 0 Å². The number of alkyl carbamates (subject to hydrolysis) is 1. The van der Waals surface area contributed by atoms with Crippen LogP contribution in [0, 0.1) is 5.92 Å². The summed E-state index contributed by atoms with van der Waals surface area (Å²) in [6.45, 7) is 2.19. The zero-order valence-electron chi connectivity index (χ0n) is 15.3. The number of carbonyl (C=O) groups excluding carboxylic acids is 1. The van der Waals surface area contributed by atoms with Crippen LogP contribution in [0.1, 0.15) is 43.2 Å². The van der Waals surface area contributed by atoms with Gasteiger partial charge in [0.05, 0.1) is 0 Å². The van der Waals surface area contributed by atoms with Crippen LogP contribution in [0.5, 0.6) is 0 Å². The van der Waals surface area contributed by atoms with Gasteiger partial charge in [0.15, 0.2) is 0 Å². The van der Waals surface area contributed by atoms with E-state index < -0.39 is 17.6 Å². The van der Waals surface area contributed by atoms with E-state index in [0.29, 0.717) is 12.8 Å². The molecule has 0 unspecified atom stereocenters. The maximum Gasteiger partial charge on any atom is 0.408 e. The lowest BCUT2D eigenvalue weighted by molar-refractivity contribution is -0.144. The monoisotopic (exact) mass is 365 g/mol. The van der Waals surface area contributed by atoms with E-state index in [1.165, 1.54) is 0 Å². The Balaban J connectivity index is 1.49. The second kappa shape index (κ2) is 6.72. The van der Waals surface area contributed by atoms with Crippen LogP contribution in [0.25, 0.3) is 11.1 Å². The Morgan fingerprint density at radius 2 is 1.70 bits per heavy atom. The summed E-state index contributed by atoms with van der Waals surface area (Å²) in [5.74, 6) is -0.748. The highest BCUT2D eigenvalue weighted by atomic mass is 16.5. The number of aliphatic carboxylic acids is 1. The minimum atomic E-state index is -1.21. The van der Waals surface area contributed by atoms with Crippen LogP contribution in [-0.2, 0) is 9.53 Å². The summed E-state index contributed by atoms with van der Waals surface area (Å²) >= 11 is 0. The summed E-state index contributed by atoms with van der Waals surface area (Å²) in [5.41, 5.74) is 3.38. The molecule has 0 radical (unpaired) electrons. The molecule has 0 spiro atoms. The Morgan fingerprint density at radius 3 is 2.22 bits per heavy atom. The lowest BCUT2D eigenvalue weighted by Crippen LogP contribution is -2.53. The SMILES string of the molecule is C[C@H]1CC[C@@](NC(=O)OCC2c3ccccc3-c3ccccc32)(C(=O)O)C1. The third-order valence-corrected chi connectivity index (χ3v) is 5.86. The van der Waals surface area contributed by atoms with Gasteiger partial charge in [-0.1, -0.05) is 55.5 Å². The molecule has 4 rings (SSSR count). The van der Waals surface area contributed by atoms with Gasteiger partial charge in [-0.2, -0.15) is 0 Å². The molecule has 2 N–H and O–H groups in total. The summed E-state index contributed by atoms with van der Waals surface area (Å²) in [5, 5.41) is 12.2. The number of amides is 1. The number of ether oxygens (including phenoxy) is 1. The molecule has 0 aromatic heterocycles. The van der Waals surface area contributed by atoms with Crippen molar-refractivity contribution in [3.05, 3.63) is 59.7 Å². The first-order valence-electron chi connectivity index (χ1n) is 9.37. The summed E-state index contributed by atoms with van der Waals surface area (Å²) in [6, 6.07) is 16.2. The van der Waals surface area contributed by atoms with Crippen molar-refractivity contribution in [2.75, 3.05) is 6.61 Å². The molecule has 1 saturated carbocycles. The van der Waals surface area contributed by atoms with Crippen molar-refractivity contribution in [1.29, 1.82) is 0 Å². The van der Waals surface area contributed by atoms with Crippen LogP contribution < -0.4 is 5.32 Å². The van der Waals surface area contributed by atoms with Gasteiger partial charge in [-0.05, 0) is 47.4 Å². The fraction of sp³-hybridized carbons (Fsp3) is 0.364. The molecule has 0 bridgehead atoms. The van der Waals surface area contributed by atoms with Gasteiger partial charge < -0.3 is 15.2 Å². The Morgan fingerprint density at radius 1 is 1.11 bits per heavy atom. The van der Waals surface area contributed by atoms with Gasteiger partial charge in [-0.15, -0.1) is 0 Å². The van der Waals surface area contributed by atoms with E-state index in [1.807, 2.05) is 31.2 Å². The van der Waals surface area contributed by atoms with E-state index in [2.05, 4.69) is 29.6 Å². The van der Waals surface area contributed by atoms with Crippen molar-refractivity contribution < 1.29 is 19.4 Å². The lowest BCUT2D eigenvalue weighted by atomic mass is 9.96. The van der Waals surface area contributed by atoms with E-state index in [9.17, 15) is 14.7 Å². The molecule has 1 fully saturated rings. The van der Waals surface area contributed by atoms with Crippen molar-refractivity contribution in [2.45, 2.75) is 37.6 Å². The molecular formula is C22H23NO4. The first kappa shape index (κ1) is 17.6. The van der Waals surface area contributed by atoms with E-state index >= 15 is 0 Å². The van der Waals surface area contributed by atoms with E-state index in [0.717, 1.165) is 28.7 Å². The number of fused-ring (bicyclic) bond motifs is 3. The molecule has 1 amide bonds. The molecule has 2 aromatic rings. The lowest BCUT2D eigenvalue weighted by Gasteiger charge is -2.25. The normalized spacial score (nSPS) is 23.5. The second-order valence-corrected chi connectivity index (χ2v) is 7.69. The van der Waals surface area contributed by atoms with Crippen molar-refractivity contribution >= 4 is 12.1 Å². The first-order chi connectivity index (χ1) is 13.0. The predicted molar refractivity (Wildman–Crippen MR) is 102 cm³/mol. The number of carboxylic acids is 1. The minimum Gasteiger partial charge on any atom is -0.480 e. The molecule has 5 heteroatoms. The Kier molecular flexibility index (Phi) is 4.38. The number of rotatable bonds is 4. The number of hydrogen-bond donors (Lipinski definition) is 2. The average Bonchev–Trinajstić information content (AvgIpc) is 3.19. The molecular weight excluding hydrogens is 342 g/mol. The molecule has 5 nitrogen and oxygen atoms in total. The summed E-state index contributed by atoms with van der Waals surface area (Å²) < 4.78 is 5.50. The maximum atomic E-state index is 12.4. The fourth-order valence-corrected chi connectivity index (χ4v) is 4.48. The molecule has 2 aromatic carbocycles. The van der Waals surface area contributed by atoms with Gasteiger partial charge in [-0.25, -0.2) is 9.59 Å². The van der Waals surface area contributed by atoms with Crippen LogP contribution in [0.3, 0.4) is 0 Å². The van der Waals surface area contributed by atoms with Gasteiger partial charge in [0, 0.05) is 5.92 Å². The summed E-state index contributed by atoms with van der Waals surface area (Å²) in [7, 11) is 0. The maximum absolute atomic E-state index is 12.4. The zero-order chi connectivity index (χ0) is 19.0. The number of carboxylic acid groups (broad SMARTS) is 1. The number of carbonyl (C=O) groups is 2. The fourth-order valence-electron chi connectivity index (χ4n) is 4.48. The number of benzene rings is 2. The Labute approximate surface area is 158 Å². The van der Waals surface area contributed by atoms with Gasteiger partial charge in [0.2, 0.25) is 0 Å². The van der Waals surface area contributed by atoms with Crippen molar-refractivity contribution in [3.8, 4) is 11.1 Å². The second-order valence-electron chi connectivity index (χ2n) is 7.69. The van der Waals surface area contributed by atoms with E-state index in [-0.39, 0.29) is 18.4 Å². The third kappa shape index (κ3) is 3.07. The van der Waals surface area contributed by atoms with Gasteiger partial charge in [0.1, 0.15) is 12.1 Å². The van der Waals surface area contributed by atoms with E-state index in [4.69, 9.17) is 4.74 Å². The van der Waals surface area contributed by atoms with Crippen LogP contribution in [0.15, 0.2) is 48.5 Å². The molecule has 140 valence electrons. The molecule has 2 aliphatic rings. The van der Waals surface area contributed by atoms with Crippen molar-refractivity contribution in [3.63, 3.8) is 0 Å². The summed E-state index contributed by atoms with van der Waals surface area (Å²) in [4.78, 5) is 24.1.